The maximum Gasteiger partial charge on any atom is 0.137 e. The van der Waals surface area contributed by atoms with Gasteiger partial charge in [0.2, 0.25) is 0 Å². The number of likely N-dealkylation sites (tertiary alicyclic amines) is 1. The molecule has 2 aromatic rings. The normalized spacial score (nSPS) is 21.2. The number of piperidine rings is 1. The van der Waals surface area contributed by atoms with Crippen molar-refractivity contribution < 1.29 is 4.74 Å². The van der Waals surface area contributed by atoms with Gasteiger partial charge < -0.3 is 9.30 Å². The molecule has 0 amide bonds. The highest BCUT2D eigenvalue weighted by Gasteiger charge is 2.27. The molecule has 4 rings (SSSR count). The van der Waals surface area contributed by atoms with Crippen molar-refractivity contribution >= 4 is 11.6 Å². The van der Waals surface area contributed by atoms with E-state index < -0.39 is 0 Å². The van der Waals surface area contributed by atoms with Gasteiger partial charge >= 0.3 is 0 Å². The highest BCUT2D eigenvalue weighted by atomic mass is 35.5. The van der Waals surface area contributed by atoms with E-state index in [2.05, 4.69) is 19.7 Å². The van der Waals surface area contributed by atoms with E-state index >= 15 is 0 Å². The van der Waals surface area contributed by atoms with Crippen molar-refractivity contribution in [1.82, 2.24) is 19.7 Å². The minimum absolute atomic E-state index is 0.499. The van der Waals surface area contributed by atoms with Crippen LogP contribution in [0.15, 0.2) is 24.3 Å². The Morgan fingerprint density at radius 3 is 2.81 bits per heavy atom. The summed E-state index contributed by atoms with van der Waals surface area (Å²) in [6.45, 7) is 4.93. The van der Waals surface area contributed by atoms with E-state index in [4.69, 9.17) is 16.3 Å². The van der Waals surface area contributed by atoms with Crippen molar-refractivity contribution in [2.75, 3.05) is 26.2 Å². The first-order valence-electron chi connectivity index (χ1n) is 9.82. The van der Waals surface area contributed by atoms with Crippen LogP contribution in [-0.2, 0) is 13.0 Å². The number of nitrogens with zero attached hydrogens (tertiary/aromatic N) is 4. The quantitative estimate of drug-likeness (QED) is 0.795. The molecule has 0 spiro atoms. The van der Waals surface area contributed by atoms with E-state index in [1.54, 1.807) is 0 Å². The van der Waals surface area contributed by atoms with Gasteiger partial charge in [0.05, 0.1) is 0 Å². The minimum Gasteiger partial charge on any atom is -0.492 e. The molecule has 1 atom stereocenters. The first-order valence-corrected chi connectivity index (χ1v) is 10.2. The van der Waals surface area contributed by atoms with Crippen LogP contribution in [0.2, 0.25) is 5.02 Å². The Kier molecular flexibility index (Phi) is 5.75. The SMILES string of the molecule is Clc1ccc(OCCN2CCCC(c3nnc4n3CCCCC4)C2)cc1. The average Bonchev–Trinajstić information content (AvgIpc) is 2.92. The van der Waals surface area contributed by atoms with E-state index in [0.717, 1.165) is 43.4 Å². The zero-order chi connectivity index (χ0) is 17.8. The summed E-state index contributed by atoms with van der Waals surface area (Å²) in [5, 5.41) is 9.80. The highest BCUT2D eigenvalue weighted by molar-refractivity contribution is 6.30. The predicted octanol–water partition coefficient (Wildman–Crippen LogP) is 3.92. The van der Waals surface area contributed by atoms with E-state index in [0.29, 0.717) is 12.5 Å². The molecule has 0 bridgehead atoms. The summed E-state index contributed by atoms with van der Waals surface area (Å²) < 4.78 is 8.27. The van der Waals surface area contributed by atoms with Crippen molar-refractivity contribution in [2.24, 2.45) is 0 Å². The molecule has 3 heterocycles. The Bertz CT molecular complexity index is 715. The molecular weight excluding hydrogens is 348 g/mol. The molecule has 1 aromatic carbocycles. The fraction of sp³-hybridized carbons (Fsp3) is 0.600. The van der Waals surface area contributed by atoms with Crippen LogP contribution >= 0.6 is 11.6 Å². The van der Waals surface area contributed by atoms with Gasteiger partial charge in [0.1, 0.15) is 24.0 Å². The van der Waals surface area contributed by atoms with Gasteiger partial charge in [-0.05, 0) is 56.5 Å². The average molecular weight is 375 g/mol. The van der Waals surface area contributed by atoms with Crippen molar-refractivity contribution in [1.29, 1.82) is 0 Å². The fourth-order valence-corrected chi connectivity index (χ4v) is 4.23. The monoisotopic (exact) mass is 374 g/mol. The summed E-state index contributed by atoms with van der Waals surface area (Å²) >= 11 is 5.92. The van der Waals surface area contributed by atoms with Crippen LogP contribution in [0.4, 0.5) is 0 Å². The Morgan fingerprint density at radius 2 is 1.92 bits per heavy atom. The maximum atomic E-state index is 5.92. The number of aryl methyl sites for hydroxylation is 1. The number of hydrogen-bond donors (Lipinski definition) is 0. The van der Waals surface area contributed by atoms with Gasteiger partial charge in [-0.1, -0.05) is 18.0 Å². The van der Waals surface area contributed by atoms with Gasteiger partial charge in [-0.15, -0.1) is 10.2 Å². The molecule has 0 N–H and O–H groups in total. The summed E-state index contributed by atoms with van der Waals surface area (Å²) in [6, 6.07) is 7.58. The van der Waals surface area contributed by atoms with E-state index in [1.165, 1.54) is 43.8 Å². The molecule has 0 saturated carbocycles. The van der Waals surface area contributed by atoms with Crippen molar-refractivity contribution in [2.45, 2.75) is 51.0 Å². The van der Waals surface area contributed by atoms with E-state index in [1.807, 2.05) is 24.3 Å². The minimum atomic E-state index is 0.499. The summed E-state index contributed by atoms with van der Waals surface area (Å²) in [4.78, 5) is 2.50. The third-order valence-corrected chi connectivity index (χ3v) is 5.75. The molecule has 140 valence electrons. The van der Waals surface area contributed by atoms with Crippen molar-refractivity contribution in [3.05, 3.63) is 40.9 Å². The molecule has 2 aliphatic rings. The maximum absolute atomic E-state index is 5.92. The first kappa shape index (κ1) is 17.8. The molecular formula is C20H27ClN4O. The molecule has 0 aliphatic carbocycles. The summed E-state index contributed by atoms with van der Waals surface area (Å²) in [6.07, 6.45) is 7.32. The summed E-state index contributed by atoms with van der Waals surface area (Å²) in [5.41, 5.74) is 0. The third kappa shape index (κ3) is 4.21. The third-order valence-electron chi connectivity index (χ3n) is 5.50. The van der Waals surface area contributed by atoms with Crippen LogP contribution in [-0.4, -0.2) is 45.9 Å². The van der Waals surface area contributed by atoms with Crippen LogP contribution in [0.3, 0.4) is 0 Å². The second kappa shape index (κ2) is 8.40. The van der Waals surface area contributed by atoms with Gasteiger partial charge in [0, 0.05) is 37.0 Å². The zero-order valence-corrected chi connectivity index (χ0v) is 16.0. The van der Waals surface area contributed by atoms with Gasteiger partial charge in [0.25, 0.3) is 0 Å². The molecule has 1 fully saturated rings. The lowest BCUT2D eigenvalue weighted by molar-refractivity contribution is 0.166. The Hall–Kier alpha value is -1.59. The summed E-state index contributed by atoms with van der Waals surface area (Å²) in [7, 11) is 0. The van der Waals surface area contributed by atoms with Crippen LogP contribution in [0, 0.1) is 0 Å². The van der Waals surface area contributed by atoms with Crippen LogP contribution in [0.5, 0.6) is 5.75 Å². The summed E-state index contributed by atoms with van der Waals surface area (Å²) in [5.74, 6) is 3.79. The van der Waals surface area contributed by atoms with E-state index in [9.17, 15) is 0 Å². The second-order valence-corrected chi connectivity index (χ2v) is 7.82. The molecule has 2 aliphatic heterocycles. The zero-order valence-electron chi connectivity index (χ0n) is 15.2. The van der Waals surface area contributed by atoms with Crippen molar-refractivity contribution in [3.63, 3.8) is 0 Å². The Balaban J connectivity index is 1.33. The molecule has 1 saturated heterocycles. The Morgan fingerprint density at radius 1 is 1.04 bits per heavy atom. The van der Waals surface area contributed by atoms with Gasteiger partial charge in [-0.2, -0.15) is 0 Å². The van der Waals surface area contributed by atoms with E-state index in [-0.39, 0.29) is 0 Å². The molecule has 5 nitrogen and oxygen atoms in total. The standard InChI is InChI=1S/C20H27ClN4O/c21-17-7-9-18(10-8-17)26-14-13-24-11-4-5-16(15-24)20-23-22-19-6-2-1-3-12-25(19)20/h7-10,16H,1-6,11-15H2. The molecule has 6 heteroatoms. The van der Waals surface area contributed by atoms with Gasteiger partial charge in [-0.25, -0.2) is 0 Å². The van der Waals surface area contributed by atoms with Crippen LogP contribution < -0.4 is 4.74 Å². The molecule has 0 radical (unpaired) electrons. The van der Waals surface area contributed by atoms with Crippen molar-refractivity contribution in [3.8, 4) is 5.75 Å². The molecule has 1 aromatic heterocycles. The number of ether oxygens (including phenoxy) is 1. The second-order valence-electron chi connectivity index (χ2n) is 7.38. The highest BCUT2D eigenvalue weighted by Crippen LogP contribution is 2.28. The number of aromatic nitrogens is 3. The predicted molar refractivity (Wildman–Crippen MR) is 103 cm³/mol. The largest absolute Gasteiger partial charge is 0.492 e. The Labute approximate surface area is 160 Å². The molecule has 1 unspecified atom stereocenters. The topological polar surface area (TPSA) is 43.2 Å². The number of benzene rings is 1. The molecule has 26 heavy (non-hydrogen) atoms. The lowest BCUT2D eigenvalue weighted by Gasteiger charge is -2.32. The fourth-order valence-electron chi connectivity index (χ4n) is 4.10. The first-order chi connectivity index (χ1) is 12.8. The smallest absolute Gasteiger partial charge is 0.137 e. The van der Waals surface area contributed by atoms with Gasteiger partial charge in [0.15, 0.2) is 0 Å². The lowest BCUT2D eigenvalue weighted by Crippen LogP contribution is -2.38. The number of fused-ring (bicyclic) bond motifs is 1. The number of hydrogen-bond acceptors (Lipinski definition) is 4. The number of halogens is 1. The lowest BCUT2D eigenvalue weighted by atomic mass is 9.97. The van der Waals surface area contributed by atoms with Crippen LogP contribution in [0.1, 0.15) is 49.7 Å². The van der Waals surface area contributed by atoms with Crippen LogP contribution in [0.25, 0.3) is 0 Å². The van der Waals surface area contributed by atoms with Gasteiger partial charge in [-0.3, -0.25) is 4.90 Å². The number of rotatable bonds is 5.